The number of carbonyl (C=O) groups is 4. The molecule has 8 rings (SSSR count). The Morgan fingerprint density at radius 3 is 2.41 bits per heavy atom. The highest BCUT2D eigenvalue weighted by molar-refractivity contribution is 7.13. The standard InChI is InChI=1S/C51H63N11O8S/c1-31(2)47(43-20-33(5)57-70-43)50(66)62-28-40(63)23-41(62)49(65)53-25-36-9-8-35(48-34(6)54-30-71-48)22-42(36)68-19-18-60-16-14-59(15-17-60)13-12-46(64)56-44-29-61-27-37(10-11-45(61)55-44)38-21-39(26-52-24-38)58(7)51(67)69-32(3)4/h8-11,20-22,24,26-27,29-32,40-41,47,63H,12-19,23,25,28H2,1-7H3,(H,53,65)(H,56,64)/t40-,41+,47-/m1/s1. The normalized spacial score (nSPS) is 17.0. The molecule has 7 heterocycles. The Bertz CT molecular complexity index is 2830. The second-order valence-electron chi connectivity index (χ2n) is 18.9. The number of piperazine rings is 1. The van der Waals surface area contributed by atoms with E-state index in [4.69, 9.17) is 14.0 Å². The molecule has 376 valence electrons. The highest BCUT2D eigenvalue weighted by Gasteiger charge is 2.43. The number of fused-ring (bicyclic) bond motifs is 1. The fourth-order valence-electron chi connectivity index (χ4n) is 8.97. The Morgan fingerprint density at radius 1 is 0.944 bits per heavy atom. The van der Waals surface area contributed by atoms with Crippen LogP contribution in [0.15, 0.2) is 77.3 Å². The van der Waals surface area contributed by atoms with Gasteiger partial charge in [0.25, 0.3) is 0 Å². The van der Waals surface area contributed by atoms with Crippen LogP contribution in [-0.4, -0.2) is 146 Å². The summed E-state index contributed by atoms with van der Waals surface area (Å²) in [6.07, 6.45) is 5.93. The average molecular weight is 990 g/mol. The number of aryl methyl sites for hydroxylation is 2. The Labute approximate surface area is 417 Å². The lowest BCUT2D eigenvalue weighted by Gasteiger charge is -2.34. The van der Waals surface area contributed by atoms with Crippen molar-refractivity contribution in [3.63, 3.8) is 0 Å². The summed E-state index contributed by atoms with van der Waals surface area (Å²) in [6, 6.07) is 12.5. The Morgan fingerprint density at radius 2 is 1.70 bits per heavy atom. The number of hydrogen-bond donors (Lipinski definition) is 3. The molecular formula is C51H63N11O8S. The van der Waals surface area contributed by atoms with Crippen LogP contribution in [-0.2, 0) is 25.7 Å². The molecule has 2 aliphatic rings. The van der Waals surface area contributed by atoms with Crippen LogP contribution in [0.25, 0.3) is 27.2 Å². The zero-order valence-corrected chi connectivity index (χ0v) is 42.1. The maximum Gasteiger partial charge on any atom is 0.414 e. The summed E-state index contributed by atoms with van der Waals surface area (Å²) in [5.74, 6) is 0.0263. The number of amides is 4. The highest BCUT2D eigenvalue weighted by Crippen LogP contribution is 2.34. The van der Waals surface area contributed by atoms with Crippen LogP contribution >= 0.6 is 11.3 Å². The van der Waals surface area contributed by atoms with E-state index in [-0.39, 0.29) is 49.3 Å². The lowest BCUT2D eigenvalue weighted by Crippen LogP contribution is -2.48. The second kappa shape index (κ2) is 22.6. The third-order valence-corrected chi connectivity index (χ3v) is 13.8. The average Bonchev–Trinajstić information content (AvgIpc) is 4.17. The van der Waals surface area contributed by atoms with E-state index in [1.807, 2.05) is 73.3 Å². The molecule has 1 aromatic carbocycles. The molecule has 20 heteroatoms. The van der Waals surface area contributed by atoms with Gasteiger partial charge in [-0.1, -0.05) is 31.1 Å². The van der Waals surface area contributed by atoms with Crippen molar-refractivity contribution in [3.8, 4) is 27.3 Å². The zero-order chi connectivity index (χ0) is 50.3. The summed E-state index contributed by atoms with van der Waals surface area (Å²) >= 11 is 1.55. The topological polar surface area (TPSA) is 213 Å². The Kier molecular flexibility index (Phi) is 16.1. The van der Waals surface area contributed by atoms with E-state index in [1.54, 1.807) is 63.8 Å². The monoisotopic (exact) mass is 989 g/mol. The third kappa shape index (κ3) is 12.4. The number of nitrogens with one attached hydrogen (secondary N) is 2. The number of hydrogen-bond acceptors (Lipinski definition) is 15. The minimum atomic E-state index is -0.848. The number of aliphatic hydroxyl groups excluding tert-OH is 1. The van der Waals surface area contributed by atoms with Gasteiger partial charge in [-0.15, -0.1) is 11.3 Å². The summed E-state index contributed by atoms with van der Waals surface area (Å²) in [5, 5.41) is 20.6. The second-order valence-corrected chi connectivity index (χ2v) is 19.7. The number of benzene rings is 1. The van der Waals surface area contributed by atoms with Crippen molar-refractivity contribution >= 4 is 52.3 Å². The fraction of sp³-hybridized carbons (Fsp3) is 0.451. The van der Waals surface area contributed by atoms with Crippen LogP contribution in [0.2, 0.25) is 0 Å². The molecule has 0 bridgehead atoms. The molecule has 2 aliphatic heterocycles. The van der Waals surface area contributed by atoms with Crippen molar-refractivity contribution in [1.29, 1.82) is 0 Å². The molecule has 0 radical (unpaired) electrons. The molecule has 19 nitrogen and oxygen atoms in total. The third-order valence-electron chi connectivity index (χ3n) is 12.8. The number of β-amino-alcohol motifs (C(OH)–C–C–N with tert-alkyl or cyclic N) is 1. The van der Waals surface area contributed by atoms with E-state index in [0.717, 1.165) is 59.0 Å². The van der Waals surface area contributed by atoms with E-state index in [2.05, 4.69) is 40.5 Å². The number of thiazole rings is 1. The molecule has 0 spiro atoms. The first-order chi connectivity index (χ1) is 34.1. The molecule has 0 aliphatic carbocycles. The number of anilines is 2. The number of aromatic nitrogens is 5. The molecule has 4 amide bonds. The van der Waals surface area contributed by atoms with E-state index >= 15 is 0 Å². The minimum Gasteiger partial charge on any atom is -0.492 e. The molecule has 0 saturated carbocycles. The van der Waals surface area contributed by atoms with Crippen LogP contribution in [0.5, 0.6) is 5.75 Å². The molecule has 3 atom stereocenters. The van der Waals surface area contributed by atoms with Crippen molar-refractivity contribution in [2.75, 3.05) is 69.7 Å². The van der Waals surface area contributed by atoms with Gasteiger partial charge in [0.2, 0.25) is 17.7 Å². The van der Waals surface area contributed by atoms with Crippen molar-refractivity contribution in [2.24, 2.45) is 5.92 Å². The van der Waals surface area contributed by atoms with Gasteiger partial charge in [-0.2, -0.15) is 0 Å². The van der Waals surface area contributed by atoms with Crippen molar-refractivity contribution in [3.05, 3.63) is 95.5 Å². The molecule has 0 unspecified atom stereocenters. The van der Waals surface area contributed by atoms with Gasteiger partial charge in [-0.25, -0.2) is 14.8 Å². The first-order valence-corrected chi connectivity index (χ1v) is 25.0. The van der Waals surface area contributed by atoms with Crippen LogP contribution in [0.1, 0.15) is 69.2 Å². The number of rotatable bonds is 18. The summed E-state index contributed by atoms with van der Waals surface area (Å²) in [4.78, 5) is 75.3. The molecule has 5 aromatic heterocycles. The van der Waals surface area contributed by atoms with E-state index in [1.165, 1.54) is 9.80 Å². The zero-order valence-electron chi connectivity index (χ0n) is 41.3. The van der Waals surface area contributed by atoms with Crippen LogP contribution < -0.4 is 20.3 Å². The molecule has 2 saturated heterocycles. The number of imidazole rings is 1. The van der Waals surface area contributed by atoms with Gasteiger partial charge in [0, 0.05) is 107 Å². The van der Waals surface area contributed by atoms with Gasteiger partial charge >= 0.3 is 6.09 Å². The Hall–Kier alpha value is -6.74. The minimum absolute atomic E-state index is 0.0529. The Balaban J connectivity index is 0.815. The smallest absolute Gasteiger partial charge is 0.414 e. The summed E-state index contributed by atoms with van der Waals surface area (Å²) in [5.41, 5.74) is 8.09. The largest absolute Gasteiger partial charge is 0.492 e. The van der Waals surface area contributed by atoms with E-state index in [0.29, 0.717) is 60.5 Å². The SMILES string of the molecule is Cc1cc([C@H](C(=O)N2C[C@H](O)C[C@H]2C(=O)NCc2ccc(-c3scnc3C)cc2OCCN2CCN(CCC(=O)Nc3cn4cc(-c5cncc(N(C)C(=O)OC(C)C)c5)ccc4n3)CC2)C(C)C)on1. The van der Waals surface area contributed by atoms with Crippen LogP contribution in [0, 0.1) is 19.8 Å². The molecule has 3 N–H and O–H groups in total. The van der Waals surface area contributed by atoms with Gasteiger partial charge in [-0.3, -0.25) is 29.2 Å². The summed E-state index contributed by atoms with van der Waals surface area (Å²) in [6.45, 7) is 16.4. The van der Waals surface area contributed by atoms with E-state index < -0.39 is 24.2 Å². The lowest BCUT2D eigenvalue weighted by molar-refractivity contribution is -0.141. The van der Waals surface area contributed by atoms with Crippen molar-refractivity contribution in [2.45, 2.75) is 85.1 Å². The first-order valence-electron chi connectivity index (χ1n) is 24.1. The number of likely N-dealkylation sites (tertiary alicyclic amines) is 1. The molecule has 71 heavy (non-hydrogen) atoms. The fourth-order valence-corrected chi connectivity index (χ4v) is 9.77. The number of carbonyl (C=O) groups excluding carboxylic acids is 4. The van der Waals surface area contributed by atoms with Gasteiger partial charge in [0.1, 0.15) is 35.7 Å². The van der Waals surface area contributed by atoms with Crippen LogP contribution in [0.3, 0.4) is 0 Å². The van der Waals surface area contributed by atoms with Gasteiger partial charge in [0.15, 0.2) is 5.82 Å². The van der Waals surface area contributed by atoms with Crippen molar-refractivity contribution in [1.82, 2.24) is 44.5 Å². The van der Waals surface area contributed by atoms with Gasteiger partial charge in [0.05, 0.1) is 52.1 Å². The number of ether oxygens (including phenoxy) is 2. The predicted molar refractivity (Wildman–Crippen MR) is 269 cm³/mol. The van der Waals surface area contributed by atoms with Gasteiger partial charge < -0.3 is 43.9 Å². The maximum absolute atomic E-state index is 14.0. The van der Waals surface area contributed by atoms with Crippen molar-refractivity contribution < 1.29 is 38.3 Å². The number of aliphatic hydroxyl groups is 1. The lowest BCUT2D eigenvalue weighted by atomic mass is 9.91. The highest BCUT2D eigenvalue weighted by atomic mass is 32.1. The first kappa shape index (κ1) is 50.6. The maximum atomic E-state index is 14.0. The molecular weight excluding hydrogens is 927 g/mol. The molecule has 6 aromatic rings. The number of nitrogens with zero attached hydrogens (tertiary/aromatic N) is 9. The predicted octanol–water partition coefficient (Wildman–Crippen LogP) is 6.15. The number of pyridine rings is 2. The molecule has 2 fully saturated rings. The van der Waals surface area contributed by atoms with E-state index in [9.17, 15) is 24.3 Å². The van der Waals surface area contributed by atoms with Crippen LogP contribution in [0.4, 0.5) is 16.3 Å². The quantitative estimate of drug-likeness (QED) is 0.0882. The van der Waals surface area contributed by atoms with Gasteiger partial charge in [-0.05, 0) is 63.4 Å². The summed E-state index contributed by atoms with van der Waals surface area (Å²) in [7, 11) is 1.64. The summed E-state index contributed by atoms with van der Waals surface area (Å²) < 4.78 is 19.1.